The van der Waals surface area contributed by atoms with Crippen LogP contribution in [-0.2, 0) is 13.0 Å². The van der Waals surface area contributed by atoms with Gasteiger partial charge in [0.2, 0.25) is 5.82 Å². The molecule has 19 heavy (non-hydrogen) atoms. The molecule has 100 valence electrons. The standard InChI is InChI=1S/C13H17N5O/c1-3-5-11-16-13(12(14)19)18(17-11)8-10-7-4-6-9(2)15-10/h4,6-7H,3,5,8H2,1-2H3,(H2,14,19). The van der Waals surface area contributed by atoms with Crippen molar-refractivity contribution in [3.8, 4) is 0 Å². The number of carbonyl (C=O) groups excluding carboxylic acids is 1. The van der Waals surface area contributed by atoms with Gasteiger partial charge >= 0.3 is 0 Å². The van der Waals surface area contributed by atoms with Crippen molar-refractivity contribution in [2.24, 2.45) is 5.73 Å². The SMILES string of the molecule is CCCc1nc(C(N)=O)n(Cc2cccc(C)n2)n1. The van der Waals surface area contributed by atoms with E-state index in [0.29, 0.717) is 12.4 Å². The second-order valence-electron chi connectivity index (χ2n) is 4.39. The minimum Gasteiger partial charge on any atom is -0.363 e. The van der Waals surface area contributed by atoms with Gasteiger partial charge in [-0.15, -0.1) is 0 Å². The molecule has 2 heterocycles. The molecule has 0 aliphatic carbocycles. The lowest BCUT2D eigenvalue weighted by Gasteiger charge is -2.03. The van der Waals surface area contributed by atoms with Crippen molar-refractivity contribution in [2.75, 3.05) is 0 Å². The predicted molar refractivity (Wildman–Crippen MR) is 70.6 cm³/mol. The molecule has 2 N–H and O–H groups in total. The lowest BCUT2D eigenvalue weighted by Crippen LogP contribution is -2.19. The van der Waals surface area contributed by atoms with Gasteiger partial charge < -0.3 is 5.73 Å². The van der Waals surface area contributed by atoms with E-state index in [0.717, 1.165) is 24.2 Å². The van der Waals surface area contributed by atoms with E-state index < -0.39 is 5.91 Å². The van der Waals surface area contributed by atoms with Crippen LogP contribution in [0.4, 0.5) is 0 Å². The molecule has 0 radical (unpaired) electrons. The summed E-state index contributed by atoms with van der Waals surface area (Å²) < 4.78 is 1.52. The van der Waals surface area contributed by atoms with Crippen molar-refractivity contribution in [3.05, 3.63) is 41.2 Å². The molecule has 0 unspecified atom stereocenters. The lowest BCUT2D eigenvalue weighted by atomic mass is 10.3. The Morgan fingerprint density at radius 1 is 1.37 bits per heavy atom. The van der Waals surface area contributed by atoms with Gasteiger partial charge in [-0.2, -0.15) is 5.10 Å². The Labute approximate surface area is 111 Å². The minimum absolute atomic E-state index is 0.187. The normalized spacial score (nSPS) is 10.6. The third kappa shape index (κ3) is 3.15. The van der Waals surface area contributed by atoms with Gasteiger partial charge in [-0.1, -0.05) is 13.0 Å². The van der Waals surface area contributed by atoms with Gasteiger partial charge in [-0.25, -0.2) is 9.67 Å². The van der Waals surface area contributed by atoms with Gasteiger partial charge in [-0.3, -0.25) is 9.78 Å². The zero-order valence-corrected chi connectivity index (χ0v) is 11.1. The van der Waals surface area contributed by atoms with E-state index in [1.54, 1.807) is 0 Å². The first-order valence-electron chi connectivity index (χ1n) is 6.26. The molecule has 0 bridgehead atoms. The Hall–Kier alpha value is -2.24. The number of pyridine rings is 1. The molecule has 0 saturated carbocycles. The summed E-state index contributed by atoms with van der Waals surface area (Å²) >= 11 is 0. The van der Waals surface area contributed by atoms with Crippen molar-refractivity contribution in [1.29, 1.82) is 0 Å². The highest BCUT2D eigenvalue weighted by atomic mass is 16.1. The zero-order valence-electron chi connectivity index (χ0n) is 11.1. The molecule has 2 rings (SSSR count). The zero-order chi connectivity index (χ0) is 13.8. The predicted octanol–water partition coefficient (Wildman–Crippen LogP) is 1.08. The van der Waals surface area contributed by atoms with E-state index in [9.17, 15) is 4.79 Å². The Bertz CT molecular complexity index is 590. The molecule has 2 aromatic heterocycles. The summed E-state index contributed by atoms with van der Waals surface area (Å²) in [4.78, 5) is 19.9. The first-order chi connectivity index (χ1) is 9.10. The van der Waals surface area contributed by atoms with Crippen LogP contribution in [0.25, 0.3) is 0 Å². The summed E-state index contributed by atoms with van der Waals surface area (Å²) in [6.07, 6.45) is 1.65. The highest BCUT2D eigenvalue weighted by Gasteiger charge is 2.14. The molecule has 0 aliphatic heterocycles. The minimum atomic E-state index is -0.567. The summed E-state index contributed by atoms with van der Waals surface area (Å²) in [5, 5.41) is 4.31. The molecular formula is C13H17N5O. The van der Waals surface area contributed by atoms with Crippen LogP contribution in [0.1, 0.15) is 41.2 Å². The van der Waals surface area contributed by atoms with Crippen molar-refractivity contribution in [1.82, 2.24) is 19.7 Å². The average molecular weight is 259 g/mol. The van der Waals surface area contributed by atoms with E-state index in [1.165, 1.54) is 4.68 Å². The van der Waals surface area contributed by atoms with Gasteiger partial charge in [0.1, 0.15) is 0 Å². The van der Waals surface area contributed by atoms with Crippen LogP contribution in [0, 0.1) is 6.92 Å². The maximum atomic E-state index is 11.4. The van der Waals surface area contributed by atoms with Crippen LogP contribution in [0.5, 0.6) is 0 Å². The lowest BCUT2D eigenvalue weighted by molar-refractivity contribution is 0.0985. The summed E-state index contributed by atoms with van der Waals surface area (Å²) in [5.74, 6) is 0.262. The summed E-state index contributed by atoms with van der Waals surface area (Å²) in [5.41, 5.74) is 7.08. The smallest absolute Gasteiger partial charge is 0.286 e. The van der Waals surface area contributed by atoms with Crippen molar-refractivity contribution < 1.29 is 4.79 Å². The van der Waals surface area contributed by atoms with Gasteiger partial charge in [0.15, 0.2) is 5.82 Å². The average Bonchev–Trinajstić information content (AvgIpc) is 2.73. The highest BCUT2D eigenvalue weighted by molar-refractivity contribution is 5.89. The molecule has 2 aromatic rings. The second kappa shape index (κ2) is 5.60. The number of nitrogens with two attached hydrogens (primary N) is 1. The van der Waals surface area contributed by atoms with Crippen LogP contribution in [-0.4, -0.2) is 25.7 Å². The molecule has 6 nitrogen and oxygen atoms in total. The number of nitrogens with zero attached hydrogens (tertiary/aromatic N) is 4. The van der Waals surface area contributed by atoms with E-state index >= 15 is 0 Å². The number of primary amides is 1. The Kier molecular flexibility index (Phi) is 3.89. The van der Waals surface area contributed by atoms with Gasteiger partial charge in [0.25, 0.3) is 5.91 Å². The maximum absolute atomic E-state index is 11.4. The molecule has 0 aromatic carbocycles. The van der Waals surface area contributed by atoms with Crippen LogP contribution < -0.4 is 5.73 Å². The molecule has 1 amide bonds. The number of aromatic nitrogens is 4. The van der Waals surface area contributed by atoms with Crippen LogP contribution >= 0.6 is 0 Å². The summed E-state index contributed by atoms with van der Waals surface area (Å²) in [6.45, 7) is 4.35. The number of hydrogen-bond donors (Lipinski definition) is 1. The Morgan fingerprint density at radius 3 is 2.79 bits per heavy atom. The molecule has 0 atom stereocenters. The maximum Gasteiger partial charge on any atom is 0.286 e. The van der Waals surface area contributed by atoms with E-state index in [-0.39, 0.29) is 5.82 Å². The van der Waals surface area contributed by atoms with Crippen molar-refractivity contribution in [2.45, 2.75) is 33.2 Å². The molecule has 0 saturated heterocycles. The third-order valence-electron chi connectivity index (χ3n) is 2.67. The summed E-state index contributed by atoms with van der Waals surface area (Å²) in [6, 6.07) is 5.73. The van der Waals surface area contributed by atoms with Crippen molar-refractivity contribution in [3.63, 3.8) is 0 Å². The number of aryl methyl sites for hydroxylation is 2. The van der Waals surface area contributed by atoms with Crippen LogP contribution in [0.2, 0.25) is 0 Å². The first-order valence-corrected chi connectivity index (χ1v) is 6.26. The van der Waals surface area contributed by atoms with E-state index in [1.807, 2.05) is 32.0 Å². The number of carbonyl (C=O) groups is 1. The summed E-state index contributed by atoms with van der Waals surface area (Å²) in [7, 11) is 0. The van der Waals surface area contributed by atoms with E-state index in [2.05, 4.69) is 15.1 Å². The molecule has 6 heteroatoms. The topological polar surface area (TPSA) is 86.7 Å². The molecule has 0 spiro atoms. The largest absolute Gasteiger partial charge is 0.363 e. The van der Waals surface area contributed by atoms with Crippen molar-refractivity contribution >= 4 is 5.91 Å². The number of amides is 1. The van der Waals surface area contributed by atoms with Gasteiger partial charge in [0, 0.05) is 12.1 Å². The highest BCUT2D eigenvalue weighted by Crippen LogP contribution is 2.06. The third-order valence-corrected chi connectivity index (χ3v) is 2.67. The van der Waals surface area contributed by atoms with E-state index in [4.69, 9.17) is 5.73 Å². The molecular weight excluding hydrogens is 242 g/mol. The fourth-order valence-electron chi connectivity index (χ4n) is 1.85. The van der Waals surface area contributed by atoms with Gasteiger partial charge in [0.05, 0.1) is 12.2 Å². The van der Waals surface area contributed by atoms with Gasteiger partial charge in [-0.05, 0) is 25.5 Å². The monoisotopic (exact) mass is 259 g/mol. The second-order valence-corrected chi connectivity index (χ2v) is 4.39. The molecule has 0 fully saturated rings. The van der Waals surface area contributed by atoms with Crippen LogP contribution in [0.3, 0.4) is 0 Å². The Morgan fingerprint density at radius 2 is 2.16 bits per heavy atom. The number of hydrogen-bond acceptors (Lipinski definition) is 4. The fourth-order valence-corrected chi connectivity index (χ4v) is 1.85. The fraction of sp³-hybridized carbons (Fsp3) is 0.385. The molecule has 0 aliphatic rings. The quantitative estimate of drug-likeness (QED) is 0.870. The number of rotatable bonds is 5. The van der Waals surface area contributed by atoms with Crippen LogP contribution in [0.15, 0.2) is 18.2 Å². The Balaban J connectivity index is 2.30. The first kappa shape index (κ1) is 13.2.